The van der Waals surface area contributed by atoms with Crippen LogP contribution in [0, 0.1) is 0 Å². The van der Waals surface area contributed by atoms with Crippen LogP contribution in [-0.2, 0) is 0 Å². The summed E-state index contributed by atoms with van der Waals surface area (Å²) >= 11 is 0. The quantitative estimate of drug-likeness (QED) is 0.391. The van der Waals surface area contributed by atoms with Gasteiger partial charge in [0.1, 0.15) is 0 Å². The highest BCUT2D eigenvalue weighted by atomic mass is 15.3. The van der Waals surface area contributed by atoms with E-state index in [-0.39, 0.29) is 22.2 Å². The molecule has 2 aliphatic rings. The monoisotopic (exact) mass is 464 g/mol. The Morgan fingerprint density at radius 3 is 1.58 bits per heavy atom. The fourth-order valence-electron chi connectivity index (χ4n) is 7.01. The fraction of sp³-hybridized carbons (Fsp3) is 1.00. The highest BCUT2D eigenvalue weighted by Gasteiger charge is 2.45. The summed E-state index contributed by atoms with van der Waals surface area (Å²) in [6.45, 7) is 26.5. The Morgan fingerprint density at radius 2 is 1.12 bits per heavy atom. The van der Waals surface area contributed by atoms with Crippen molar-refractivity contribution in [1.82, 2.24) is 20.0 Å². The molecule has 2 saturated heterocycles. The van der Waals surface area contributed by atoms with Gasteiger partial charge in [0.2, 0.25) is 0 Å². The molecule has 33 heavy (non-hydrogen) atoms. The first-order chi connectivity index (χ1) is 15.0. The SMILES string of the molecule is CC(C)N(CCCCCCNC1CC(C)(C)N(C)C(C)(C)C1)C1CC(C)(C)N(C)C(C)(C)C1. The highest BCUT2D eigenvalue weighted by molar-refractivity contribution is 5.02. The first kappa shape index (κ1) is 29.1. The summed E-state index contributed by atoms with van der Waals surface area (Å²) in [7, 11) is 4.61. The van der Waals surface area contributed by atoms with Crippen LogP contribution in [0.2, 0.25) is 0 Å². The molecule has 2 fully saturated rings. The van der Waals surface area contributed by atoms with E-state index in [0.717, 1.165) is 0 Å². The van der Waals surface area contributed by atoms with E-state index in [9.17, 15) is 0 Å². The lowest BCUT2D eigenvalue weighted by Crippen LogP contribution is -2.63. The summed E-state index contributed by atoms with van der Waals surface area (Å²) in [6.07, 6.45) is 10.4. The molecule has 2 rings (SSSR count). The van der Waals surface area contributed by atoms with E-state index in [0.29, 0.717) is 18.1 Å². The van der Waals surface area contributed by atoms with Crippen LogP contribution in [0.5, 0.6) is 0 Å². The van der Waals surface area contributed by atoms with Gasteiger partial charge in [0.05, 0.1) is 0 Å². The number of hydrogen-bond donors (Lipinski definition) is 1. The van der Waals surface area contributed by atoms with E-state index in [1.807, 2.05) is 0 Å². The number of rotatable bonds is 10. The van der Waals surface area contributed by atoms with Crippen molar-refractivity contribution in [3.05, 3.63) is 0 Å². The molecule has 0 aromatic carbocycles. The van der Waals surface area contributed by atoms with Crippen molar-refractivity contribution in [3.63, 3.8) is 0 Å². The van der Waals surface area contributed by atoms with Crippen molar-refractivity contribution in [2.75, 3.05) is 27.2 Å². The Kier molecular flexibility index (Phi) is 9.56. The molecule has 196 valence electrons. The maximum Gasteiger partial charge on any atom is 0.0170 e. The summed E-state index contributed by atoms with van der Waals surface area (Å²) in [5, 5.41) is 3.90. The lowest BCUT2D eigenvalue weighted by molar-refractivity contribution is -0.0541. The van der Waals surface area contributed by atoms with Crippen LogP contribution in [0.25, 0.3) is 0 Å². The largest absolute Gasteiger partial charge is 0.314 e. The minimum atomic E-state index is 0.266. The first-order valence-corrected chi connectivity index (χ1v) is 14.0. The summed E-state index contributed by atoms with van der Waals surface area (Å²) in [6, 6.07) is 1.98. The zero-order chi connectivity index (χ0) is 25.2. The molecular formula is C29H60N4. The molecule has 0 atom stereocenters. The van der Waals surface area contributed by atoms with Gasteiger partial charge in [-0.15, -0.1) is 0 Å². The van der Waals surface area contributed by atoms with Crippen molar-refractivity contribution in [1.29, 1.82) is 0 Å². The lowest BCUT2D eigenvalue weighted by atomic mass is 9.76. The van der Waals surface area contributed by atoms with E-state index in [4.69, 9.17) is 0 Å². The van der Waals surface area contributed by atoms with Crippen LogP contribution in [0.3, 0.4) is 0 Å². The van der Waals surface area contributed by atoms with Crippen LogP contribution >= 0.6 is 0 Å². The number of hydrogen-bond acceptors (Lipinski definition) is 4. The summed E-state index contributed by atoms with van der Waals surface area (Å²) in [5.41, 5.74) is 1.08. The molecule has 0 spiro atoms. The Labute approximate surface area is 208 Å². The van der Waals surface area contributed by atoms with Crippen molar-refractivity contribution >= 4 is 0 Å². The van der Waals surface area contributed by atoms with E-state index >= 15 is 0 Å². The Balaban J connectivity index is 1.73. The second-order valence-corrected chi connectivity index (χ2v) is 14.2. The van der Waals surface area contributed by atoms with Crippen LogP contribution in [0.4, 0.5) is 0 Å². The first-order valence-electron chi connectivity index (χ1n) is 14.0. The van der Waals surface area contributed by atoms with Crippen molar-refractivity contribution in [2.45, 2.75) is 161 Å². The number of nitrogens with one attached hydrogen (secondary N) is 1. The van der Waals surface area contributed by atoms with Crippen molar-refractivity contribution < 1.29 is 0 Å². The molecule has 0 unspecified atom stereocenters. The Hall–Kier alpha value is -0.160. The van der Waals surface area contributed by atoms with Crippen LogP contribution in [0.15, 0.2) is 0 Å². The maximum absolute atomic E-state index is 3.90. The molecule has 0 saturated carbocycles. The lowest BCUT2D eigenvalue weighted by Gasteiger charge is -2.56. The predicted molar refractivity (Wildman–Crippen MR) is 146 cm³/mol. The number of nitrogens with zero attached hydrogens (tertiary/aromatic N) is 3. The third-order valence-electron chi connectivity index (χ3n) is 9.50. The average Bonchev–Trinajstić information content (AvgIpc) is 2.65. The van der Waals surface area contributed by atoms with Gasteiger partial charge in [-0.3, -0.25) is 14.7 Å². The van der Waals surface area contributed by atoms with Gasteiger partial charge in [0.25, 0.3) is 0 Å². The molecule has 0 amide bonds. The van der Waals surface area contributed by atoms with Gasteiger partial charge < -0.3 is 5.32 Å². The van der Waals surface area contributed by atoms with Gasteiger partial charge in [-0.2, -0.15) is 0 Å². The van der Waals surface area contributed by atoms with Gasteiger partial charge in [0, 0.05) is 40.3 Å². The normalized spacial score (nSPS) is 26.4. The maximum atomic E-state index is 3.90. The standard InChI is InChI=1S/C29H60N4/c1-23(2)33(25-21-28(7,8)32(12)29(9,10)22-25)18-16-14-13-15-17-30-24-19-26(3,4)31(11)27(5,6)20-24/h23-25,30H,13-22H2,1-12H3. The van der Waals surface area contributed by atoms with Crippen LogP contribution in [0.1, 0.15) is 121 Å². The second kappa shape index (κ2) is 10.8. The summed E-state index contributed by atoms with van der Waals surface area (Å²) < 4.78 is 0. The molecular weight excluding hydrogens is 404 g/mol. The summed E-state index contributed by atoms with van der Waals surface area (Å²) in [4.78, 5) is 8.00. The molecule has 0 aliphatic carbocycles. The van der Waals surface area contributed by atoms with Gasteiger partial charge in [0.15, 0.2) is 0 Å². The van der Waals surface area contributed by atoms with E-state index in [2.05, 4.69) is 103 Å². The molecule has 4 nitrogen and oxygen atoms in total. The summed E-state index contributed by atoms with van der Waals surface area (Å²) in [5.74, 6) is 0. The van der Waals surface area contributed by atoms with E-state index in [1.165, 1.54) is 64.5 Å². The Morgan fingerprint density at radius 1 is 0.697 bits per heavy atom. The number of likely N-dealkylation sites (tertiary alicyclic amines) is 2. The Bertz CT molecular complexity index is 571. The van der Waals surface area contributed by atoms with Crippen LogP contribution < -0.4 is 5.32 Å². The van der Waals surface area contributed by atoms with E-state index in [1.54, 1.807) is 0 Å². The molecule has 2 aliphatic heterocycles. The smallest absolute Gasteiger partial charge is 0.0170 e. The zero-order valence-electron chi connectivity index (χ0n) is 24.6. The van der Waals surface area contributed by atoms with E-state index < -0.39 is 0 Å². The molecule has 2 heterocycles. The van der Waals surface area contributed by atoms with Gasteiger partial charge in [-0.1, -0.05) is 12.8 Å². The molecule has 0 radical (unpaired) electrons. The fourth-order valence-corrected chi connectivity index (χ4v) is 7.01. The average molecular weight is 465 g/mol. The van der Waals surface area contributed by atoms with Gasteiger partial charge in [-0.25, -0.2) is 0 Å². The highest BCUT2D eigenvalue weighted by Crippen LogP contribution is 2.39. The molecule has 0 aromatic heterocycles. The third-order valence-corrected chi connectivity index (χ3v) is 9.50. The molecule has 1 N–H and O–H groups in total. The van der Waals surface area contributed by atoms with Gasteiger partial charge in [-0.05, 0) is 135 Å². The molecule has 4 heteroatoms. The number of piperidine rings is 2. The van der Waals surface area contributed by atoms with Gasteiger partial charge >= 0.3 is 0 Å². The predicted octanol–water partition coefficient (Wildman–Crippen LogP) is 6.15. The third kappa shape index (κ3) is 7.41. The topological polar surface area (TPSA) is 21.8 Å². The second-order valence-electron chi connectivity index (χ2n) is 14.2. The minimum Gasteiger partial charge on any atom is -0.314 e. The number of unbranched alkanes of at least 4 members (excludes halogenated alkanes) is 3. The minimum absolute atomic E-state index is 0.266. The molecule has 0 aromatic rings. The van der Waals surface area contributed by atoms with Crippen molar-refractivity contribution in [3.8, 4) is 0 Å². The zero-order valence-corrected chi connectivity index (χ0v) is 24.6. The van der Waals surface area contributed by atoms with Crippen molar-refractivity contribution in [2.24, 2.45) is 0 Å². The van der Waals surface area contributed by atoms with Crippen LogP contribution in [-0.4, -0.2) is 82.2 Å². The molecule has 0 bridgehead atoms.